The fraction of sp³-hybridized carbons (Fsp3) is 0.308. The minimum absolute atomic E-state index is 0.0599. The van der Waals surface area contributed by atoms with Gasteiger partial charge in [0.2, 0.25) is 0 Å². The molecule has 0 saturated heterocycles. The molecule has 0 aromatic carbocycles. The maximum absolute atomic E-state index is 12.3. The first kappa shape index (κ1) is 13.6. The number of amides is 1. The number of rotatable bonds is 5. The molecule has 0 aliphatic carbocycles. The largest absolute Gasteiger partial charge is 0.333 e. The van der Waals surface area contributed by atoms with E-state index in [-0.39, 0.29) is 5.91 Å². The maximum atomic E-state index is 12.3. The third kappa shape index (κ3) is 3.36. The maximum Gasteiger partial charge on any atom is 0.273 e. The van der Waals surface area contributed by atoms with Crippen molar-refractivity contribution >= 4 is 17.2 Å². The Morgan fingerprint density at radius 2 is 2.16 bits per heavy atom. The number of hydrogen-bond donors (Lipinski definition) is 1. The van der Waals surface area contributed by atoms with E-state index < -0.39 is 0 Å². The van der Waals surface area contributed by atoms with Gasteiger partial charge in [-0.25, -0.2) is 4.98 Å². The van der Waals surface area contributed by atoms with Gasteiger partial charge in [-0.3, -0.25) is 9.78 Å². The van der Waals surface area contributed by atoms with E-state index in [1.54, 1.807) is 22.7 Å². The highest BCUT2D eigenvalue weighted by atomic mass is 32.1. The van der Waals surface area contributed by atoms with Gasteiger partial charge in [-0.1, -0.05) is 0 Å². The van der Waals surface area contributed by atoms with Crippen LogP contribution in [0, 0.1) is 0 Å². The van der Waals surface area contributed by atoms with Gasteiger partial charge in [-0.15, -0.1) is 11.3 Å². The fourth-order valence-corrected chi connectivity index (χ4v) is 2.35. The van der Waals surface area contributed by atoms with Gasteiger partial charge in [0, 0.05) is 37.4 Å². The Balaban J connectivity index is 2.11. The van der Waals surface area contributed by atoms with Crippen molar-refractivity contribution in [1.29, 1.82) is 0 Å². The lowest BCUT2D eigenvalue weighted by molar-refractivity contribution is 0.0747. The average Bonchev–Trinajstić information content (AvgIpc) is 2.94. The summed E-state index contributed by atoms with van der Waals surface area (Å²) in [6, 6.07) is 3.81. The molecule has 5 nitrogen and oxygen atoms in total. The van der Waals surface area contributed by atoms with E-state index in [9.17, 15) is 4.79 Å². The van der Waals surface area contributed by atoms with Crippen LogP contribution in [-0.4, -0.2) is 27.3 Å². The molecule has 2 aromatic heterocycles. The molecule has 0 unspecified atom stereocenters. The molecule has 0 spiro atoms. The molecule has 0 saturated carbocycles. The Bertz CT molecular complexity index is 541. The van der Waals surface area contributed by atoms with E-state index in [4.69, 9.17) is 5.73 Å². The van der Waals surface area contributed by atoms with Crippen LogP contribution in [0.25, 0.3) is 0 Å². The van der Waals surface area contributed by atoms with Crippen LogP contribution in [-0.2, 0) is 13.1 Å². The number of aromatic nitrogens is 2. The van der Waals surface area contributed by atoms with Crippen LogP contribution in [0.15, 0.2) is 29.9 Å². The van der Waals surface area contributed by atoms with E-state index in [1.807, 2.05) is 19.1 Å². The van der Waals surface area contributed by atoms with Gasteiger partial charge in [0.15, 0.2) is 0 Å². The van der Waals surface area contributed by atoms with E-state index in [0.29, 0.717) is 25.3 Å². The first-order chi connectivity index (χ1) is 9.24. The monoisotopic (exact) mass is 276 g/mol. The number of nitrogens with zero attached hydrogens (tertiary/aromatic N) is 3. The zero-order valence-electron chi connectivity index (χ0n) is 10.7. The topological polar surface area (TPSA) is 72.1 Å². The van der Waals surface area contributed by atoms with Gasteiger partial charge in [-0.2, -0.15) is 0 Å². The quantitative estimate of drug-likeness (QED) is 0.901. The third-order valence-electron chi connectivity index (χ3n) is 2.74. The van der Waals surface area contributed by atoms with Crippen molar-refractivity contribution in [3.8, 4) is 0 Å². The van der Waals surface area contributed by atoms with Gasteiger partial charge >= 0.3 is 0 Å². The van der Waals surface area contributed by atoms with Crippen LogP contribution in [0.2, 0.25) is 0 Å². The number of carbonyl (C=O) groups is 1. The lowest BCUT2D eigenvalue weighted by atomic mass is 10.2. The van der Waals surface area contributed by atoms with Crippen LogP contribution in [0.4, 0.5) is 0 Å². The van der Waals surface area contributed by atoms with Crippen molar-refractivity contribution in [2.24, 2.45) is 5.73 Å². The number of thiazole rings is 1. The van der Waals surface area contributed by atoms with Crippen molar-refractivity contribution in [1.82, 2.24) is 14.9 Å². The van der Waals surface area contributed by atoms with Crippen molar-refractivity contribution in [2.45, 2.75) is 20.0 Å². The van der Waals surface area contributed by atoms with Gasteiger partial charge in [0.05, 0.1) is 0 Å². The van der Waals surface area contributed by atoms with Crippen molar-refractivity contribution in [3.05, 3.63) is 46.2 Å². The van der Waals surface area contributed by atoms with Crippen LogP contribution >= 0.6 is 11.3 Å². The third-order valence-corrected chi connectivity index (χ3v) is 3.61. The summed E-state index contributed by atoms with van der Waals surface area (Å²) in [4.78, 5) is 22.3. The summed E-state index contributed by atoms with van der Waals surface area (Å²) in [7, 11) is 0. The van der Waals surface area contributed by atoms with Crippen LogP contribution in [0.1, 0.15) is 28.0 Å². The molecule has 100 valence electrons. The second-order valence-corrected chi connectivity index (χ2v) is 4.95. The normalized spacial score (nSPS) is 10.4. The average molecular weight is 276 g/mol. The number of carbonyl (C=O) groups excluding carboxylic acids is 1. The molecular formula is C13H16N4OS. The van der Waals surface area contributed by atoms with E-state index >= 15 is 0 Å². The Kier molecular flexibility index (Phi) is 4.59. The van der Waals surface area contributed by atoms with Gasteiger partial charge in [0.25, 0.3) is 5.91 Å². The van der Waals surface area contributed by atoms with Gasteiger partial charge in [0.1, 0.15) is 10.7 Å². The molecule has 2 aromatic rings. The zero-order chi connectivity index (χ0) is 13.7. The molecule has 0 bridgehead atoms. The Hall–Kier alpha value is -1.79. The molecular weight excluding hydrogens is 260 g/mol. The zero-order valence-corrected chi connectivity index (χ0v) is 11.6. The Labute approximate surface area is 116 Å². The molecule has 6 heteroatoms. The summed E-state index contributed by atoms with van der Waals surface area (Å²) in [5.41, 5.74) is 7.04. The summed E-state index contributed by atoms with van der Waals surface area (Å²) in [6.07, 6.45) is 3.45. The fourth-order valence-electron chi connectivity index (χ4n) is 1.70. The second-order valence-electron chi connectivity index (χ2n) is 4.01. The Morgan fingerprint density at radius 1 is 1.42 bits per heavy atom. The SMILES string of the molecule is CCN(Cc1ccncc1)C(=O)c1csc(CN)n1. The van der Waals surface area contributed by atoms with Crippen molar-refractivity contribution in [3.63, 3.8) is 0 Å². The molecule has 0 radical (unpaired) electrons. The highest BCUT2D eigenvalue weighted by molar-refractivity contribution is 7.09. The number of pyridine rings is 1. The van der Waals surface area contributed by atoms with Crippen LogP contribution in [0.5, 0.6) is 0 Å². The van der Waals surface area contributed by atoms with Crippen molar-refractivity contribution < 1.29 is 4.79 Å². The lowest BCUT2D eigenvalue weighted by Gasteiger charge is -2.19. The summed E-state index contributed by atoms with van der Waals surface area (Å²) < 4.78 is 0. The Morgan fingerprint density at radius 3 is 2.74 bits per heavy atom. The summed E-state index contributed by atoms with van der Waals surface area (Å²) in [5.74, 6) is -0.0599. The molecule has 2 N–H and O–H groups in total. The molecule has 0 aliphatic rings. The highest BCUT2D eigenvalue weighted by Crippen LogP contribution is 2.13. The molecule has 1 amide bonds. The minimum Gasteiger partial charge on any atom is -0.333 e. The highest BCUT2D eigenvalue weighted by Gasteiger charge is 2.17. The molecule has 0 fully saturated rings. The number of hydrogen-bond acceptors (Lipinski definition) is 5. The van der Waals surface area contributed by atoms with E-state index in [0.717, 1.165) is 10.6 Å². The molecule has 0 aliphatic heterocycles. The summed E-state index contributed by atoms with van der Waals surface area (Å²) in [6.45, 7) is 3.52. The number of nitrogens with two attached hydrogens (primary N) is 1. The molecule has 2 rings (SSSR count). The van der Waals surface area contributed by atoms with Crippen molar-refractivity contribution in [2.75, 3.05) is 6.54 Å². The first-order valence-corrected chi connectivity index (χ1v) is 6.95. The predicted octanol–water partition coefficient (Wildman–Crippen LogP) is 1.66. The van der Waals surface area contributed by atoms with Crippen LogP contribution < -0.4 is 5.73 Å². The lowest BCUT2D eigenvalue weighted by Crippen LogP contribution is -2.30. The smallest absolute Gasteiger partial charge is 0.273 e. The minimum atomic E-state index is -0.0599. The predicted molar refractivity (Wildman–Crippen MR) is 74.7 cm³/mol. The summed E-state index contributed by atoms with van der Waals surface area (Å²) >= 11 is 1.42. The van der Waals surface area contributed by atoms with Gasteiger partial charge in [-0.05, 0) is 24.6 Å². The van der Waals surface area contributed by atoms with Crippen LogP contribution in [0.3, 0.4) is 0 Å². The molecule has 2 heterocycles. The van der Waals surface area contributed by atoms with E-state index in [2.05, 4.69) is 9.97 Å². The summed E-state index contributed by atoms with van der Waals surface area (Å²) in [5, 5.41) is 2.54. The van der Waals surface area contributed by atoms with Gasteiger partial charge < -0.3 is 10.6 Å². The molecule has 19 heavy (non-hydrogen) atoms. The molecule has 0 atom stereocenters. The van der Waals surface area contributed by atoms with E-state index in [1.165, 1.54) is 11.3 Å². The second kappa shape index (κ2) is 6.40. The standard InChI is InChI=1S/C13H16N4OS/c1-2-17(8-10-3-5-15-6-4-10)13(18)11-9-19-12(7-14)16-11/h3-6,9H,2,7-8,14H2,1H3. The first-order valence-electron chi connectivity index (χ1n) is 6.07.